The Kier molecular flexibility index (Phi) is 7.46. The van der Waals surface area contributed by atoms with Gasteiger partial charge in [0, 0.05) is 0 Å². The van der Waals surface area contributed by atoms with Gasteiger partial charge in [-0.25, -0.2) is 23.4 Å². The molecule has 26 heavy (non-hydrogen) atoms. The minimum atomic E-state index is -5.19. The van der Waals surface area contributed by atoms with Crippen molar-refractivity contribution in [1.29, 1.82) is 0 Å². The number of ether oxygens (including phenoxy) is 2. The predicted octanol–water partition coefficient (Wildman–Crippen LogP) is 4.34. The van der Waals surface area contributed by atoms with Crippen LogP contribution >= 0.6 is 0 Å². The first-order valence-corrected chi connectivity index (χ1v) is 7.86. The third-order valence-electron chi connectivity index (χ3n) is 3.26. The van der Waals surface area contributed by atoms with Crippen molar-refractivity contribution < 1.29 is 41.0 Å². The molecule has 1 aromatic heterocycles. The van der Waals surface area contributed by atoms with Gasteiger partial charge in [0.25, 0.3) is 6.43 Å². The average molecular weight is 383 g/mol. The van der Waals surface area contributed by atoms with E-state index < -0.39 is 52.6 Å². The molecule has 10 heteroatoms. The van der Waals surface area contributed by atoms with Crippen molar-refractivity contribution in [2.24, 2.45) is 0 Å². The summed E-state index contributed by atoms with van der Waals surface area (Å²) >= 11 is 0. The Morgan fingerprint density at radius 2 is 1.50 bits per heavy atom. The van der Waals surface area contributed by atoms with Gasteiger partial charge in [0.15, 0.2) is 5.69 Å². The molecule has 0 atom stereocenters. The average Bonchev–Trinajstić information content (AvgIpc) is 2.53. The molecule has 0 N–H and O–H groups in total. The van der Waals surface area contributed by atoms with Crippen LogP contribution in [-0.4, -0.2) is 30.1 Å². The third kappa shape index (κ3) is 4.67. The molecule has 0 aliphatic heterocycles. The van der Waals surface area contributed by atoms with Crippen molar-refractivity contribution in [1.82, 2.24) is 4.98 Å². The Morgan fingerprint density at radius 3 is 1.88 bits per heavy atom. The second kappa shape index (κ2) is 8.91. The minimum Gasteiger partial charge on any atom is -0.462 e. The van der Waals surface area contributed by atoms with Crippen molar-refractivity contribution in [2.45, 2.75) is 46.2 Å². The number of halogens is 5. The lowest BCUT2D eigenvalue weighted by Gasteiger charge is -2.20. The highest BCUT2D eigenvalue weighted by Gasteiger charge is 2.43. The highest BCUT2D eigenvalue weighted by Crippen LogP contribution is 2.37. The van der Waals surface area contributed by atoms with E-state index in [-0.39, 0.29) is 26.1 Å². The molecule has 0 amide bonds. The molecule has 0 aromatic carbocycles. The lowest BCUT2D eigenvalue weighted by Crippen LogP contribution is -2.25. The Hall–Kier alpha value is -2.26. The van der Waals surface area contributed by atoms with E-state index in [0.717, 1.165) is 0 Å². The fraction of sp³-hybridized carbons (Fsp3) is 0.562. The summed E-state index contributed by atoms with van der Waals surface area (Å²) in [7, 11) is 0. The van der Waals surface area contributed by atoms with Gasteiger partial charge in [0.05, 0.1) is 24.3 Å². The summed E-state index contributed by atoms with van der Waals surface area (Å²) in [6.45, 7) is 3.90. The summed E-state index contributed by atoms with van der Waals surface area (Å²) in [6.07, 6.45) is -8.72. The molecule has 1 rings (SSSR count). The summed E-state index contributed by atoms with van der Waals surface area (Å²) in [5, 5.41) is 0. The van der Waals surface area contributed by atoms with E-state index in [2.05, 4.69) is 14.5 Å². The number of nitrogens with zero attached hydrogens (tertiary/aromatic N) is 1. The first-order chi connectivity index (χ1) is 12.1. The normalized spacial score (nSPS) is 11.6. The molecule has 146 valence electrons. The Balaban J connectivity index is 3.96. The number of alkyl halides is 5. The first-order valence-electron chi connectivity index (χ1n) is 7.86. The Bertz CT molecular complexity index is 674. The highest BCUT2D eigenvalue weighted by molar-refractivity contribution is 5.99. The molecule has 5 nitrogen and oxygen atoms in total. The van der Waals surface area contributed by atoms with E-state index in [4.69, 9.17) is 0 Å². The van der Waals surface area contributed by atoms with Gasteiger partial charge >= 0.3 is 18.1 Å². The van der Waals surface area contributed by atoms with E-state index in [9.17, 15) is 31.5 Å². The SMILES string of the molecule is CCCc1c(C(=O)OCC)c(C(F)F)nc(C(F)(F)F)c1C(=O)OCC. The van der Waals surface area contributed by atoms with Gasteiger partial charge in [0.1, 0.15) is 5.69 Å². The standard InChI is InChI=1S/C16H18F5NO4/c1-4-7-8-9(14(23)25-5-2)11(13(17)18)22-12(16(19,20)21)10(8)15(24)26-6-3/h13H,4-7H2,1-3H3. The van der Waals surface area contributed by atoms with Crippen molar-refractivity contribution in [2.75, 3.05) is 13.2 Å². The lowest BCUT2D eigenvalue weighted by atomic mass is 9.94. The molecule has 0 aliphatic rings. The van der Waals surface area contributed by atoms with Crippen molar-refractivity contribution in [3.8, 4) is 0 Å². The molecule has 0 aliphatic carbocycles. The molecular formula is C16H18F5NO4. The summed E-state index contributed by atoms with van der Waals surface area (Å²) in [6, 6.07) is 0. The van der Waals surface area contributed by atoms with Crippen LogP contribution in [0.4, 0.5) is 22.0 Å². The van der Waals surface area contributed by atoms with E-state index in [1.54, 1.807) is 6.92 Å². The van der Waals surface area contributed by atoms with E-state index >= 15 is 0 Å². The summed E-state index contributed by atoms with van der Waals surface area (Å²) in [5.74, 6) is -2.65. The van der Waals surface area contributed by atoms with Crippen LogP contribution in [0.1, 0.15) is 71.3 Å². The van der Waals surface area contributed by atoms with E-state index in [1.807, 2.05) is 0 Å². The zero-order valence-electron chi connectivity index (χ0n) is 14.4. The van der Waals surface area contributed by atoms with Crippen LogP contribution < -0.4 is 0 Å². The van der Waals surface area contributed by atoms with Crippen molar-refractivity contribution >= 4 is 11.9 Å². The van der Waals surface area contributed by atoms with Crippen LogP contribution in [0.25, 0.3) is 0 Å². The molecule has 0 spiro atoms. The van der Waals surface area contributed by atoms with Crippen LogP contribution in [0.2, 0.25) is 0 Å². The zero-order chi connectivity index (χ0) is 20.1. The van der Waals surface area contributed by atoms with Crippen LogP contribution in [0.5, 0.6) is 0 Å². The van der Waals surface area contributed by atoms with Gasteiger partial charge in [-0.3, -0.25) is 0 Å². The summed E-state index contributed by atoms with van der Waals surface area (Å²) < 4.78 is 76.1. The number of carbonyl (C=O) groups is 2. The second-order valence-corrected chi connectivity index (χ2v) is 5.06. The number of esters is 2. The lowest BCUT2D eigenvalue weighted by molar-refractivity contribution is -0.142. The van der Waals surface area contributed by atoms with Gasteiger partial charge in [-0.15, -0.1) is 0 Å². The van der Waals surface area contributed by atoms with E-state index in [1.165, 1.54) is 13.8 Å². The van der Waals surface area contributed by atoms with Crippen molar-refractivity contribution in [3.63, 3.8) is 0 Å². The largest absolute Gasteiger partial charge is 0.462 e. The summed E-state index contributed by atoms with van der Waals surface area (Å²) in [5.41, 5.74) is -5.52. The number of hydrogen-bond donors (Lipinski definition) is 0. The smallest absolute Gasteiger partial charge is 0.434 e. The summed E-state index contributed by atoms with van der Waals surface area (Å²) in [4.78, 5) is 27.2. The number of pyridine rings is 1. The van der Waals surface area contributed by atoms with Gasteiger partial charge in [-0.1, -0.05) is 13.3 Å². The molecule has 1 heterocycles. The van der Waals surface area contributed by atoms with E-state index in [0.29, 0.717) is 0 Å². The maximum Gasteiger partial charge on any atom is 0.434 e. The molecule has 0 unspecified atom stereocenters. The predicted molar refractivity (Wildman–Crippen MR) is 80.1 cm³/mol. The van der Waals surface area contributed by atoms with Crippen LogP contribution in [-0.2, 0) is 22.1 Å². The highest BCUT2D eigenvalue weighted by atomic mass is 19.4. The Morgan fingerprint density at radius 1 is 1.00 bits per heavy atom. The maximum absolute atomic E-state index is 13.4. The number of aromatic nitrogens is 1. The minimum absolute atomic E-state index is 0.183. The topological polar surface area (TPSA) is 65.5 Å². The number of carbonyl (C=O) groups excluding carboxylic acids is 2. The second-order valence-electron chi connectivity index (χ2n) is 5.06. The molecule has 0 saturated heterocycles. The third-order valence-corrected chi connectivity index (χ3v) is 3.26. The molecule has 0 saturated carbocycles. The molecule has 1 aromatic rings. The first kappa shape index (κ1) is 21.8. The number of rotatable bonds is 7. The molecule has 0 radical (unpaired) electrons. The molecular weight excluding hydrogens is 365 g/mol. The zero-order valence-corrected chi connectivity index (χ0v) is 14.4. The fourth-order valence-corrected chi connectivity index (χ4v) is 2.37. The van der Waals surface area contributed by atoms with Gasteiger partial charge in [0.2, 0.25) is 0 Å². The van der Waals surface area contributed by atoms with Gasteiger partial charge < -0.3 is 9.47 Å². The fourth-order valence-electron chi connectivity index (χ4n) is 2.37. The quantitative estimate of drug-likeness (QED) is 0.518. The van der Waals surface area contributed by atoms with Gasteiger partial charge in [-0.2, -0.15) is 13.2 Å². The molecule has 0 bridgehead atoms. The number of hydrogen-bond acceptors (Lipinski definition) is 5. The van der Waals surface area contributed by atoms with Gasteiger partial charge in [-0.05, 0) is 25.8 Å². The molecule has 0 fully saturated rings. The monoisotopic (exact) mass is 383 g/mol. The Labute approximate surface area is 146 Å². The van der Waals surface area contributed by atoms with Crippen LogP contribution in [0.15, 0.2) is 0 Å². The maximum atomic E-state index is 13.4. The van der Waals surface area contributed by atoms with Crippen LogP contribution in [0, 0.1) is 0 Å². The van der Waals surface area contributed by atoms with Crippen molar-refractivity contribution in [3.05, 3.63) is 28.1 Å². The van der Waals surface area contributed by atoms with Crippen LogP contribution in [0.3, 0.4) is 0 Å².